The Labute approximate surface area is 120 Å². The van der Waals surface area contributed by atoms with E-state index in [1.807, 2.05) is 19.1 Å². The summed E-state index contributed by atoms with van der Waals surface area (Å²) in [5.41, 5.74) is 7.47. The highest BCUT2D eigenvalue weighted by Crippen LogP contribution is 2.26. The lowest BCUT2D eigenvalue weighted by molar-refractivity contribution is -0.116. The standard InChI is InChI=1S/C15H23ClN2O/c1-11-4-5-12(16)10-13(11)18-14(19)6-7-15(2,3)8-9-17/h4-5,10H,6-9,17H2,1-3H3,(H,18,19). The Hall–Kier alpha value is -1.06. The van der Waals surface area contributed by atoms with Crippen molar-refractivity contribution < 1.29 is 4.79 Å². The highest BCUT2D eigenvalue weighted by molar-refractivity contribution is 6.31. The number of rotatable bonds is 6. The third-order valence-corrected chi connectivity index (χ3v) is 3.56. The zero-order valence-electron chi connectivity index (χ0n) is 11.9. The summed E-state index contributed by atoms with van der Waals surface area (Å²) < 4.78 is 0. The number of carbonyl (C=O) groups is 1. The summed E-state index contributed by atoms with van der Waals surface area (Å²) in [6.45, 7) is 6.88. The molecular weight excluding hydrogens is 260 g/mol. The molecular formula is C15H23ClN2O. The molecule has 0 aliphatic rings. The van der Waals surface area contributed by atoms with Gasteiger partial charge in [0.1, 0.15) is 0 Å². The first-order valence-corrected chi connectivity index (χ1v) is 6.98. The lowest BCUT2D eigenvalue weighted by Gasteiger charge is -2.23. The molecule has 0 aliphatic carbocycles. The van der Waals surface area contributed by atoms with Crippen LogP contribution in [0.25, 0.3) is 0 Å². The van der Waals surface area contributed by atoms with Crippen LogP contribution >= 0.6 is 11.6 Å². The van der Waals surface area contributed by atoms with Gasteiger partial charge in [0.25, 0.3) is 0 Å². The number of carbonyl (C=O) groups excluding carboxylic acids is 1. The zero-order chi connectivity index (χ0) is 14.5. The minimum absolute atomic E-state index is 0.0236. The molecule has 0 heterocycles. The normalized spacial score (nSPS) is 11.4. The quantitative estimate of drug-likeness (QED) is 0.835. The van der Waals surface area contributed by atoms with Gasteiger partial charge in [0.2, 0.25) is 5.91 Å². The van der Waals surface area contributed by atoms with E-state index in [1.165, 1.54) is 0 Å². The van der Waals surface area contributed by atoms with Crippen LogP contribution in [-0.4, -0.2) is 12.5 Å². The summed E-state index contributed by atoms with van der Waals surface area (Å²) in [5.74, 6) is 0.0236. The number of aryl methyl sites for hydroxylation is 1. The number of hydrogen-bond donors (Lipinski definition) is 2. The summed E-state index contributed by atoms with van der Waals surface area (Å²) in [6.07, 6.45) is 2.26. The largest absolute Gasteiger partial charge is 0.330 e. The third-order valence-electron chi connectivity index (χ3n) is 3.32. The van der Waals surface area contributed by atoms with E-state index in [1.54, 1.807) is 6.07 Å². The number of halogens is 1. The highest BCUT2D eigenvalue weighted by Gasteiger charge is 2.18. The Morgan fingerprint density at radius 2 is 2.05 bits per heavy atom. The van der Waals surface area contributed by atoms with E-state index in [0.29, 0.717) is 18.0 Å². The minimum Gasteiger partial charge on any atom is -0.330 e. The predicted molar refractivity (Wildman–Crippen MR) is 81.5 cm³/mol. The SMILES string of the molecule is Cc1ccc(Cl)cc1NC(=O)CCC(C)(C)CCN. The summed E-state index contributed by atoms with van der Waals surface area (Å²) in [7, 11) is 0. The number of benzene rings is 1. The molecule has 4 heteroatoms. The van der Waals surface area contributed by atoms with Crippen molar-refractivity contribution in [2.75, 3.05) is 11.9 Å². The number of amides is 1. The van der Waals surface area contributed by atoms with Gasteiger partial charge in [-0.3, -0.25) is 4.79 Å². The van der Waals surface area contributed by atoms with Gasteiger partial charge in [-0.1, -0.05) is 31.5 Å². The molecule has 106 valence electrons. The van der Waals surface area contributed by atoms with Crippen LogP contribution in [-0.2, 0) is 4.79 Å². The zero-order valence-corrected chi connectivity index (χ0v) is 12.7. The molecule has 0 atom stereocenters. The third kappa shape index (κ3) is 5.62. The van der Waals surface area contributed by atoms with Gasteiger partial charge in [0.15, 0.2) is 0 Å². The molecule has 0 aromatic heterocycles. The van der Waals surface area contributed by atoms with Crippen molar-refractivity contribution in [1.82, 2.24) is 0 Å². The van der Waals surface area contributed by atoms with Crippen molar-refractivity contribution in [3.63, 3.8) is 0 Å². The smallest absolute Gasteiger partial charge is 0.224 e. The molecule has 0 radical (unpaired) electrons. The maximum Gasteiger partial charge on any atom is 0.224 e. The van der Waals surface area contributed by atoms with Gasteiger partial charge >= 0.3 is 0 Å². The lowest BCUT2D eigenvalue weighted by Crippen LogP contribution is -2.20. The molecule has 3 N–H and O–H groups in total. The van der Waals surface area contributed by atoms with Crippen molar-refractivity contribution >= 4 is 23.2 Å². The van der Waals surface area contributed by atoms with Gasteiger partial charge in [-0.15, -0.1) is 0 Å². The maximum atomic E-state index is 11.9. The average Bonchev–Trinajstić information content (AvgIpc) is 2.31. The topological polar surface area (TPSA) is 55.1 Å². The van der Waals surface area contributed by atoms with E-state index in [9.17, 15) is 4.79 Å². The van der Waals surface area contributed by atoms with Crippen molar-refractivity contribution in [3.05, 3.63) is 28.8 Å². The van der Waals surface area contributed by atoms with E-state index in [2.05, 4.69) is 19.2 Å². The minimum atomic E-state index is 0.0236. The summed E-state index contributed by atoms with van der Waals surface area (Å²) >= 11 is 5.93. The summed E-state index contributed by atoms with van der Waals surface area (Å²) in [6, 6.07) is 5.49. The van der Waals surface area contributed by atoms with Crippen LogP contribution in [0.2, 0.25) is 5.02 Å². The lowest BCUT2D eigenvalue weighted by atomic mass is 9.84. The Kier molecular flexibility index (Phi) is 5.83. The summed E-state index contributed by atoms with van der Waals surface area (Å²) in [4.78, 5) is 11.9. The Morgan fingerprint density at radius 1 is 1.37 bits per heavy atom. The maximum absolute atomic E-state index is 11.9. The van der Waals surface area contributed by atoms with Crippen LogP contribution in [0.3, 0.4) is 0 Å². The molecule has 0 saturated carbocycles. The van der Waals surface area contributed by atoms with E-state index in [4.69, 9.17) is 17.3 Å². The molecule has 3 nitrogen and oxygen atoms in total. The first kappa shape index (κ1) is 16.0. The van der Waals surface area contributed by atoms with Crippen LogP contribution in [0.1, 0.15) is 38.7 Å². The second-order valence-electron chi connectivity index (χ2n) is 5.71. The molecule has 0 unspecified atom stereocenters. The Balaban J connectivity index is 2.54. The Bertz CT molecular complexity index is 444. The van der Waals surface area contributed by atoms with Crippen LogP contribution < -0.4 is 11.1 Å². The molecule has 19 heavy (non-hydrogen) atoms. The molecule has 0 saturated heterocycles. The molecule has 0 spiro atoms. The van der Waals surface area contributed by atoms with Gasteiger partial charge in [-0.05, 0) is 49.4 Å². The van der Waals surface area contributed by atoms with Crippen molar-refractivity contribution in [1.29, 1.82) is 0 Å². The van der Waals surface area contributed by atoms with E-state index < -0.39 is 0 Å². The van der Waals surface area contributed by atoms with Crippen molar-refractivity contribution in [2.24, 2.45) is 11.1 Å². The molecule has 1 rings (SSSR count). The van der Waals surface area contributed by atoms with Gasteiger partial charge < -0.3 is 11.1 Å². The first-order valence-electron chi connectivity index (χ1n) is 6.60. The van der Waals surface area contributed by atoms with Crippen LogP contribution in [0.4, 0.5) is 5.69 Å². The first-order chi connectivity index (χ1) is 8.84. The van der Waals surface area contributed by atoms with Gasteiger partial charge in [-0.25, -0.2) is 0 Å². The molecule has 0 aliphatic heterocycles. The number of nitrogens with two attached hydrogens (primary N) is 1. The number of hydrogen-bond acceptors (Lipinski definition) is 2. The molecule has 1 amide bonds. The van der Waals surface area contributed by atoms with E-state index in [0.717, 1.165) is 24.1 Å². The van der Waals surface area contributed by atoms with Crippen molar-refractivity contribution in [3.8, 4) is 0 Å². The monoisotopic (exact) mass is 282 g/mol. The second-order valence-corrected chi connectivity index (χ2v) is 6.15. The van der Waals surface area contributed by atoms with Gasteiger partial charge in [0.05, 0.1) is 0 Å². The summed E-state index contributed by atoms with van der Waals surface area (Å²) in [5, 5.41) is 3.54. The fourth-order valence-corrected chi connectivity index (χ4v) is 2.08. The van der Waals surface area contributed by atoms with Crippen molar-refractivity contribution in [2.45, 2.75) is 40.0 Å². The average molecular weight is 283 g/mol. The molecule has 0 fully saturated rings. The fraction of sp³-hybridized carbons (Fsp3) is 0.533. The van der Waals surface area contributed by atoms with E-state index in [-0.39, 0.29) is 11.3 Å². The van der Waals surface area contributed by atoms with Crippen LogP contribution in [0.15, 0.2) is 18.2 Å². The second kappa shape index (κ2) is 6.92. The number of anilines is 1. The molecule has 1 aromatic carbocycles. The van der Waals surface area contributed by atoms with Gasteiger partial charge in [-0.2, -0.15) is 0 Å². The van der Waals surface area contributed by atoms with Gasteiger partial charge in [0, 0.05) is 17.1 Å². The molecule has 1 aromatic rings. The molecule has 0 bridgehead atoms. The number of nitrogens with one attached hydrogen (secondary N) is 1. The van der Waals surface area contributed by atoms with Crippen LogP contribution in [0, 0.1) is 12.3 Å². The highest BCUT2D eigenvalue weighted by atomic mass is 35.5. The fourth-order valence-electron chi connectivity index (χ4n) is 1.91. The Morgan fingerprint density at radius 3 is 2.68 bits per heavy atom. The predicted octanol–water partition coefficient (Wildman–Crippen LogP) is 3.74. The van der Waals surface area contributed by atoms with Crippen LogP contribution in [0.5, 0.6) is 0 Å². The van der Waals surface area contributed by atoms with E-state index >= 15 is 0 Å².